The molecule has 5 saturated carbocycles. The lowest BCUT2D eigenvalue weighted by Gasteiger charge is -2.60. The third kappa shape index (κ3) is 2.91. The van der Waals surface area contributed by atoms with Gasteiger partial charge in [0.2, 0.25) is 0 Å². The quantitative estimate of drug-likeness (QED) is 0.306. The van der Waals surface area contributed by atoms with E-state index < -0.39 is 5.41 Å². The van der Waals surface area contributed by atoms with E-state index in [1.54, 1.807) is 0 Å². The summed E-state index contributed by atoms with van der Waals surface area (Å²) in [5.74, 6) is 3.23. The standard InChI is InChI=1S/C24H34Br2O3/c1-21-10-8-15(29-20(28)23(3)13-24(23,25)26)12-14(21)4-5-16-17-6-7-19(27)22(17,2)11-9-18(16)21/h14-18H,4-13H2,1-3H3/t14-,15+,16-,17+,18-,21-,22+,23-/m1/s1. The molecular formula is C24H34Br2O3. The van der Waals surface area contributed by atoms with Gasteiger partial charge in [-0.15, -0.1) is 0 Å². The first-order valence-electron chi connectivity index (χ1n) is 11.6. The topological polar surface area (TPSA) is 43.4 Å². The van der Waals surface area contributed by atoms with Crippen LogP contribution < -0.4 is 0 Å². The summed E-state index contributed by atoms with van der Waals surface area (Å²) >= 11 is 7.20. The SMILES string of the molecule is C[C@@]12CC[C@H](OC(=O)[C@@]3(C)CC3(Br)Br)C[C@H]1CC[C@H]1[C@H]2CC[C@]2(C)C(=O)CC[C@@H]12. The zero-order valence-electron chi connectivity index (χ0n) is 17.9. The maximum Gasteiger partial charge on any atom is 0.314 e. The lowest BCUT2D eigenvalue weighted by molar-refractivity contribution is -0.167. The predicted octanol–water partition coefficient (Wildman–Crippen LogP) is 6.41. The molecule has 0 aromatic carbocycles. The van der Waals surface area contributed by atoms with Crippen LogP contribution in [-0.2, 0) is 14.3 Å². The number of ether oxygens (including phenoxy) is 1. The average molecular weight is 530 g/mol. The molecule has 29 heavy (non-hydrogen) atoms. The number of esters is 1. The molecule has 5 heteroatoms. The number of rotatable bonds is 2. The van der Waals surface area contributed by atoms with Crippen LogP contribution in [0.25, 0.3) is 0 Å². The van der Waals surface area contributed by atoms with E-state index in [0.717, 1.165) is 50.4 Å². The lowest BCUT2D eigenvalue weighted by Crippen LogP contribution is -2.54. The van der Waals surface area contributed by atoms with Gasteiger partial charge in [0.05, 0.1) is 8.65 Å². The Balaban J connectivity index is 1.28. The molecule has 0 unspecified atom stereocenters. The van der Waals surface area contributed by atoms with Gasteiger partial charge < -0.3 is 4.74 Å². The van der Waals surface area contributed by atoms with Crippen LogP contribution in [-0.4, -0.2) is 21.1 Å². The van der Waals surface area contributed by atoms with Crippen LogP contribution in [0.5, 0.6) is 0 Å². The highest BCUT2D eigenvalue weighted by Crippen LogP contribution is 2.68. The molecule has 8 atom stereocenters. The second-order valence-corrected chi connectivity index (χ2v) is 15.4. The van der Waals surface area contributed by atoms with Gasteiger partial charge in [0.15, 0.2) is 0 Å². The second kappa shape index (κ2) is 6.56. The molecule has 0 N–H and O–H groups in total. The van der Waals surface area contributed by atoms with E-state index in [2.05, 4.69) is 45.7 Å². The summed E-state index contributed by atoms with van der Waals surface area (Å²) in [5, 5.41) is 0. The van der Waals surface area contributed by atoms with Gasteiger partial charge in [0.1, 0.15) is 11.9 Å². The highest BCUT2D eigenvalue weighted by Gasteiger charge is 2.68. The van der Waals surface area contributed by atoms with Gasteiger partial charge in [0, 0.05) is 11.8 Å². The molecule has 0 amide bonds. The van der Waals surface area contributed by atoms with E-state index >= 15 is 0 Å². The number of fused-ring (bicyclic) bond motifs is 5. The number of Topliss-reactive ketones (excluding diaryl/α,β-unsaturated/α-hetero) is 1. The van der Waals surface area contributed by atoms with Crippen LogP contribution in [0.1, 0.15) is 85.0 Å². The summed E-state index contributed by atoms with van der Waals surface area (Å²) in [6, 6.07) is 0. The van der Waals surface area contributed by atoms with Crippen LogP contribution >= 0.6 is 31.9 Å². The highest BCUT2D eigenvalue weighted by molar-refractivity contribution is 9.25. The summed E-state index contributed by atoms with van der Waals surface area (Å²) in [7, 11) is 0. The third-order valence-electron chi connectivity index (χ3n) is 10.3. The van der Waals surface area contributed by atoms with Gasteiger partial charge in [-0.05, 0) is 93.8 Å². The van der Waals surface area contributed by atoms with Gasteiger partial charge in [-0.3, -0.25) is 9.59 Å². The average Bonchev–Trinajstić information content (AvgIpc) is 3.03. The maximum absolute atomic E-state index is 12.8. The Morgan fingerprint density at radius 1 is 1.00 bits per heavy atom. The molecular weight excluding hydrogens is 496 g/mol. The first-order valence-corrected chi connectivity index (χ1v) is 13.2. The Bertz CT molecular complexity index is 750. The summed E-state index contributed by atoms with van der Waals surface area (Å²) < 4.78 is 5.76. The number of hydrogen-bond donors (Lipinski definition) is 0. The first-order chi connectivity index (χ1) is 13.5. The first kappa shape index (κ1) is 21.0. The molecule has 5 rings (SSSR count). The van der Waals surface area contributed by atoms with Crippen molar-refractivity contribution in [2.45, 2.75) is 94.3 Å². The zero-order valence-corrected chi connectivity index (χ0v) is 21.1. The molecule has 5 fully saturated rings. The maximum atomic E-state index is 12.8. The van der Waals surface area contributed by atoms with Crippen molar-refractivity contribution in [3.05, 3.63) is 0 Å². The van der Waals surface area contributed by atoms with Crippen molar-refractivity contribution < 1.29 is 14.3 Å². The molecule has 3 nitrogen and oxygen atoms in total. The highest BCUT2D eigenvalue weighted by atomic mass is 79.9. The molecule has 5 aliphatic rings. The van der Waals surface area contributed by atoms with E-state index in [4.69, 9.17) is 4.74 Å². The summed E-state index contributed by atoms with van der Waals surface area (Å²) in [6.07, 6.45) is 10.8. The van der Waals surface area contributed by atoms with Gasteiger partial charge in [-0.1, -0.05) is 45.7 Å². The third-order valence-corrected chi connectivity index (χ3v) is 12.6. The smallest absolute Gasteiger partial charge is 0.314 e. The van der Waals surface area contributed by atoms with Gasteiger partial charge in [-0.25, -0.2) is 0 Å². The van der Waals surface area contributed by atoms with Gasteiger partial charge >= 0.3 is 5.97 Å². The molecule has 0 aliphatic heterocycles. The van der Waals surface area contributed by atoms with Crippen LogP contribution in [0, 0.1) is 39.9 Å². The van der Waals surface area contributed by atoms with Crippen molar-refractivity contribution in [1.82, 2.24) is 0 Å². The van der Waals surface area contributed by atoms with E-state index in [9.17, 15) is 9.59 Å². The fraction of sp³-hybridized carbons (Fsp3) is 0.917. The van der Waals surface area contributed by atoms with Crippen LogP contribution in [0.4, 0.5) is 0 Å². The number of halogens is 2. The Labute approximate surface area is 191 Å². The summed E-state index contributed by atoms with van der Waals surface area (Å²) in [6.45, 7) is 6.77. The normalized spacial score (nSPS) is 52.9. The number of carbonyl (C=O) groups is 2. The van der Waals surface area contributed by atoms with E-state index in [-0.39, 0.29) is 20.7 Å². The molecule has 0 heterocycles. The molecule has 162 valence electrons. The van der Waals surface area contributed by atoms with Crippen LogP contribution in [0.3, 0.4) is 0 Å². The Hall–Kier alpha value is 0.1000. The van der Waals surface area contributed by atoms with Gasteiger partial charge in [0.25, 0.3) is 0 Å². The zero-order chi connectivity index (χ0) is 20.8. The van der Waals surface area contributed by atoms with Crippen molar-refractivity contribution in [2.24, 2.45) is 39.9 Å². The monoisotopic (exact) mass is 528 g/mol. The Morgan fingerprint density at radius 2 is 1.72 bits per heavy atom. The minimum atomic E-state index is -0.436. The van der Waals surface area contributed by atoms with Crippen molar-refractivity contribution in [3.63, 3.8) is 0 Å². The van der Waals surface area contributed by atoms with Crippen LogP contribution in [0.2, 0.25) is 0 Å². The van der Waals surface area contributed by atoms with Gasteiger partial charge in [-0.2, -0.15) is 0 Å². The summed E-state index contributed by atoms with van der Waals surface area (Å²) in [4.78, 5) is 25.3. The molecule has 0 aromatic rings. The van der Waals surface area contributed by atoms with Crippen molar-refractivity contribution in [1.29, 1.82) is 0 Å². The fourth-order valence-electron chi connectivity index (χ4n) is 8.00. The Kier molecular flexibility index (Phi) is 4.74. The number of ketones is 1. The van der Waals surface area contributed by atoms with Crippen molar-refractivity contribution >= 4 is 43.6 Å². The molecule has 0 aromatic heterocycles. The summed E-state index contributed by atoms with van der Waals surface area (Å²) in [5.41, 5.74) is -0.111. The fourth-order valence-corrected chi connectivity index (χ4v) is 9.44. The molecule has 0 bridgehead atoms. The van der Waals surface area contributed by atoms with Crippen molar-refractivity contribution in [2.75, 3.05) is 0 Å². The molecule has 0 saturated heterocycles. The molecule has 0 spiro atoms. The molecule has 5 aliphatic carbocycles. The minimum Gasteiger partial charge on any atom is -0.462 e. The van der Waals surface area contributed by atoms with E-state index in [0.29, 0.717) is 23.0 Å². The van der Waals surface area contributed by atoms with Crippen molar-refractivity contribution in [3.8, 4) is 0 Å². The predicted molar refractivity (Wildman–Crippen MR) is 120 cm³/mol. The largest absolute Gasteiger partial charge is 0.462 e. The number of hydrogen-bond acceptors (Lipinski definition) is 3. The second-order valence-electron chi connectivity index (χ2n) is 11.6. The molecule has 0 radical (unpaired) electrons. The Morgan fingerprint density at radius 3 is 2.41 bits per heavy atom. The van der Waals surface area contributed by atoms with E-state index in [1.165, 1.54) is 25.7 Å². The minimum absolute atomic E-state index is 0.0331. The number of alkyl halides is 2. The van der Waals surface area contributed by atoms with E-state index in [1.807, 2.05) is 6.92 Å². The lowest BCUT2D eigenvalue weighted by atomic mass is 9.45. The van der Waals surface area contributed by atoms with Crippen LogP contribution in [0.15, 0.2) is 0 Å². The number of carbonyl (C=O) groups excluding carboxylic acids is 2.